The summed E-state index contributed by atoms with van der Waals surface area (Å²) in [6.45, 7) is 0. The smallest absolute Gasteiger partial charge is 0.121 e. The van der Waals surface area contributed by atoms with Gasteiger partial charge in [-0.15, -0.1) is 0 Å². The molecule has 0 saturated heterocycles. The van der Waals surface area contributed by atoms with E-state index in [1.54, 1.807) is 0 Å². The number of benzene rings is 4. The van der Waals surface area contributed by atoms with Crippen LogP contribution in [0.15, 0.2) is 121 Å². The van der Waals surface area contributed by atoms with Crippen molar-refractivity contribution in [3.05, 3.63) is 144 Å². The molecular weight excluding hydrogens is 416 g/mol. The molecule has 4 saturated carbocycles. The lowest BCUT2D eigenvalue weighted by atomic mass is 9.75. The van der Waals surface area contributed by atoms with Gasteiger partial charge in [0.15, 0.2) is 0 Å². The van der Waals surface area contributed by atoms with Crippen LogP contribution in [0.1, 0.15) is 35.1 Å². The van der Waals surface area contributed by atoms with Crippen molar-refractivity contribution in [2.45, 2.75) is 24.0 Å². The van der Waals surface area contributed by atoms with Crippen molar-refractivity contribution < 1.29 is 10.2 Å². The van der Waals surface area contributed by atoms with Gasteiger partial charge in [-0.05, 0) is 46.9 Å². The molecule has 8 rings (SSSR count). The van der Waals surface area contributed by atoms with Crippen LogP contribution in [0.4, 0.5) is 0 Å². The van der Waals surface area contributed by atoms with Crippen molar-refractivity contribution in [1.82, 2.24) is 0 Å². The van der Waals surface area contributed by atoms with E-state index in [2.05, 4.69) is 0 Å². The predicted octanol–water partition coefficient (Wildman–Crippen LogP) is 5.88. The molecule has 2 bridgehead atoms. The summed E-state index contributed by atoms with van der Waals surface area (Å²) in [6.07, 6.45) is 2.07. The first-order valence-electron chi connectivity index (χ1n) is 12.3. The molecule has 0 unspecified atom stereocenters. The van der Waals surface area contributed by atoms with E-state index in [9.17, 15) is 10.2 Å². The molecule has 4 fully saturated rings. The van der Waals surface area contributed by atoms with Crippen LogP contribution in [0.3, 0.4) is 0 Å². The molecule has 34 heavy (non-hydrogen) atoms. The van der Waals surface area contributed by atoms with E-state index in [-0.39, 0.29) is 11.8 Å². The third kappa shape index (κ3) is 2.03. The molecule has 0 aromatic heterocycles. The fraction of sp³-hybridized carbons (Fsp3) is 0.250. The number of hydrogen-bond acceptors (Lipinski definition) is 2. The normalized spacial score (nSPS) is 28.9. The van der Waals surface area contributed by atoms with Gasteiger partial charge in [0, 0.05) is 10.8 Å². The summed E-state index contributed by atoms with van der Waals surface area (Å²) in [5.41, 5.74) is 0.535. The van der Waals surface area contributed by atoms with Crippen LogP contribution in [-0.4, -0.2) is 10.2 Å². The highest BCUT2D eigenvalue weighted by Gasteiger charge is 3.08. The maximum atomic E-state index is 12.9. The van der Waals surface area contributed by atoms with Gasteiger partial charge in [0.25, 0.3) is 0 Å². The van der Waals surface area contributed by atoms with E-state index in [4.69, 9.17) is 0 Å². The average Bonchev–Trinajstić information content (AvgIpc) is 3.55. The van der Waals surface area contributed by atoms with Crippen molar-refractivity contribution in [2.75, 3.05) is 0 Å². The molecule has 2 heteroatoms. The minimum Gasteiger partial charge on any atom is -0.380 e. The maximum absolute atomic E-state index is 12.9. The Kier molecular flexibility index (Phi) is 3.97. The Morgan fingerprint density at radius 1 is 0.441 bits per heavy atom. The highest BCUT2D eigenvalue weighted by molar-refractivity contribution is 5.64. The minimum atomic E-state index is -1.17. The van der Waals surface area contributed by atoms with Gasteiger partial charge in [-0.2, -0.15) is 0 Å². The Labute approximate surface area is 200 Å². The molecule has 0 heterocycles. The monoisotopic (exact) mass is 444 g/mol. The zero-order valence-electron chi connectivity index (χ0n) is 19.0. The van der Waals surface area contributed by atoms with E-state index in [0.717, 1.165) is 35.1 Å². The summed E-state index contributed by atoms with van der Waals surface area (Å²) < 4.78 is 0. The lowest BCUT2D eigenvalue weighted by molar-refractivity contribution is 0.00561. The first-order chi connectivity index (χ1) is 16.6. The Balaban J connectivity index is 1.49. The fourth-order valence-corrected chi connectivity index (χ4v) is 8.45. The lowest BCUT2D eigenvalue weighted by Crippen LogP contribution is -2.36. The topological polar surface area (TPSA) is 40.5 Å². The molecule has 4 aliphatic carbocycles. The predicted molar refractivity (Wildman–Crippen MR) is 133 cm³/mol. The van der Waals surface area contributed by atoms with Crippen LogP contribution in [-0.2, 0) is 11.2 Å². The lowest BCUT2D eigenvalue weighted by Gasteiger charge is -2.34. The van der Waals surface area contributed by atoms with Crippen LogP contribution >= 0.6 is 0 Å². The second kappa shape index (κ2) is 6.69. The zero-order chi connectivity index (χ0) is 23.0. The summed E-state index contributed by atoms with van der Waals surface area (Å²) in [7, 11) is 0. The van der Waals surface area contributed by atoms with Gasteiger partial charge in [0.1, 0.15) is 11.2 Å². The third-order valence-electron chi connectivity index (χ3n) is 9.42. The van der Waals surface area contributed by atoms with E-state index >= 15 is 0 Å². The van der Waals surface area contributed by atoms with Gasteiger partial charge in [-0.25, -0.2) is 0 Å². The zero-order valence-corrected chi connectivity index (χ0v) is 19.0. The fourth-order valence-electron chi connectivity index (χ4n) is 8.45. The van der Waals surface area contributed by atoms with Gasteiger partial charge >= 0.3 is 0 Å². The molecule has 0 atom stereocenters. The SMILES string of the molecule is OC(c1ccccc1)(c1ccccc1)C12C3CCC1C32C(O)(c1ccccc1)c1ccccc1. The average molecular weight is 445 g/mol. The summed E-state index contributed by atoms with van der Waals surface area (Å²) >= 11 is 0. The van der Waals surface area contributed by atoms with E-state index < -0.39 is 22.0 Å². The number of hydrogen-bond donors (Lipinski definition) is 2. The summed E-state index contributed by atoms with van der Waals surface area (Å²) in [6, 6.07) is 40.5. The second-order valence-corrected chi connectivity index (χ2v) is 10.3. The van der Waals surface area contributed by atoms with E-state index in [1.807, 2.05) is 121 Å². The number of fused-ring (bicyclic) bond motifs is 1. The quantitative estimate of drug-likeness (QED) is 0.390. The molecule has 2 nitrogen and oxygen atoms in total. The highest BCUT2D eigenvalue weighted by Crippen LogP contribution is 3.07. The summed E-state index contributed by atoms with van der Waals surface area (Å²) in [4.78, 5) is 0. The van der Waals surface area contributed by atoms with Gasteiger partial charge in [-0.1, -0.05) is 121 Å². The molecule has 4 aromatic rings. The largest absolute Gasteiger partial charge is 0.380 e. The molecule has 4 aromatic carbocycles. The second-order valence-electron chi connectivity index (χ2n) is 10.3. The number of aliphatic hydroxyl groups is 2. The van der Waals surface area contributed by atoms with E-state index in [0.29, 0.717) is 0 Å². The van der Waals surface area contributed by atoms with Crippen LogP contribution in [0, 0.1) is 22.7 Å². The molecule has 0 amide bonds. The van der Waals surface area contributed by atoms with Crippen LogP contribution < -0.4 is 0 Å². The standard InChI is InChI=1S/C32H28O2/c33-31(23-13-5-1-6-14-23,24-15-7-2-8-16-24)29-27-21-22-28(29)30(27,29)32(34,25-17-9-3-10-18-25)26-19-11-4-12-20-26/h1-20,27-28,33-34H,21-22H2. The summed E-state index contributed by atoms with van der Waals surface area (Å²) in [5.74, 6) is 0.502. The summed E-state index contributed by atoms with van der Waals surface area (Å²) in [5, 5.41) is 25.8. The van der Waals surface area contributed by atoms with Crippen molar-refractivity contribution in [3.63, 3.8) is 0 Å². The molecule has 0 aliphatic heterocycles. The van der Waals surface area contributed by atoms with E-state index in [1.165, 1.54) is 0 Å². The molecule has 168 valence electrons. The molecule has 2 N–H and O–H groups in total. The van der Waals surface area contributed by atoms with Gasteiger partial charge in [0.05, 0.1) is 0 Å². The highest BCUT2D eigenvalue weighted by atomic mass is 16.3. The Morgan fingerprint density at radius 3 is 0.912 bits per heavy atom. The molecule has 0 radical (unpaired) electrons. The maximum Gasteiger partial charge on any atom is 0.121 e. The van der Waals surface area contributed by atoms with Gasteiger partial charge < -0.3 is 10.2 Å². The van der Waals surface area contributed by atoms with Crippen LogP contribution in [0.25, 0.3) is 0 Å². The van der Waals surface area contributed by atoms with Gasteiger partial charge in [0.2, 0.25) is 0 Å². The minimum absolute atomic E-state index is 0.251. The van der Waals surface area contributed by atoms with Gasteiger partial charge in [-0.3, -0.25) is 0 Å². The Hall–Kier alpha value is -3.20. The third-order valence-corrected chi connectivity index (χ3v) is 9.42. The Bertz CT molecular complexity index is 1140. The van der Waals surface area contributed by atoms with Crippen molar-refractivity contribution in [2.24, 2.45) is 22.7 Å². The van der Waals surface area contributed by atoms with Crippen molar-refractivity contribution in [3.8, 4) is 0 Å². The van der Waals surface area contributed by atoms with Crippen molar-refractivity contribution in [1.29, 1.82) is 0 Å². The molecule has 0 spiro atoms. The molecular formula is C32H28O2. The van der Waals surface area contributed by atoms with Crippen LogP contribution in [0.2, 0.25) is 0 Å². The Morgan fingerprint density at radius 2 is 0.676 bits per heavy atom. The van der Waals surface area contributed by atoms with Crippen LogP contribution in [0.5, 0.6) is 0 Å². The number of rotatable bonds is 6. The molecule has 4 aliphatic rings. The van der Waals surface area contributed by atoms with Crippen molar-refractivity contribution >= 4 is 0 Å². The first kappa shape index (κ1) is 20.2. The first-order valence-corrected chi connectivity index (χ1v) is 12.3.